The van der Waals surface area contributed by atoms with Gasteiger partial charge in [-0.15, -0.1) is 0 Å². The quantitative estimate of drug-likeness (QED) is 0.858. The number of carbonyl (C=O) groups excluding carboxylic acids is 1. The van der Waals surface area contributed by atoms with E-state index < -0.39 is 17.9 Å². The summed E-state index contributed by atoms with van der Waals surface area (Å²) in [5, 5.41) is 12.9. The van der Waals surface area contributed by atoms with Gasteiger partial charge in [-0.25, -0.2) is 4.79 Å². The summed E-state index contributed by atoms with van der Waals surface area (Å²) in [6.07, 6.45) is 2.01. The van der Waals surface area contributed by atoms with Crippen LogP contribution in [0.3, 0.4) is 0 Å². The minimum absolute atomic E-state index is 0.283. The number of unbranched alkanes of at least 4 members (excludes halogenated alkanes) is 1. The zero-order valence-corrected chi connectivity index (χ0v) is 13.4. The number of rotatable bonds is 6. The first-order valence-corrected chi connectivity index (χ1v) is 7.61. The van der Waals surface area contributed by atoms with E-state index in [0.29, 0.717) is 11.4 Å². The van der Waals surface area contributed by atoms with Gasteiger partial charge in [-0.2, -0.15) is 0 Å². The number of aliphatic carboxylic acids is 1. The number of benzene rings is 1. The van der Waals surface area contributed by atoms with E-state index in [2.05, 4.69) is 5.32 Å². The van der Waals surface area contributed by atoms with E-state index in [1.807, 2.05) is 31.2 Å². The fraction of sp³-hybridized carbons (Fsp3) is 0.375. The second kappa shape index (κ2) is 6.83. The molecule has 0 spiro atoms. The van der Waals surface area contributed by atoms with Gasteiger partial charge in [0.25, 0.3) is 5.91 Å². The van der Waals surface area contributed by atoms with Crippen molar-refractivity contribution in [1.29, 1.82) is 0 Å². The average Bonchev–Trinajstić information content (AvgIpc) is 2.75. The Kier molecular flexibility index (Phi) is 5.08. The molecule has 1 amide bonds. The Balaban J connectivity index is 2.31. The summed E-state index contributed by atoms with van der Waals surface area (Å²) < 4.78 is 1.69. The van der Waals surface area contributed by atoms with E-state index in [-0.39, 0.29) is 5.69 Å². The lowest BCUT2D eigenvalue weighted by Crippen LogP contribution is -2.41. The summed E-state index contributed by atoms with van der Waals surface area (Å²) in [6.45, 7) is 1.97. The highest BCUT2D eigenvalue weighted by Gasteiger charge is 2.24. The topological polar surface area (TPSA) is 71.3 Å². The number of aryl methyl sites for hydroxylation is 1. The monoisotopic (exact) mass is 322 g/mol. The molecular formula is C16H19ClN2O3. The number of halogens is 1. The van der Waals surface area contributed by atoms with Gasteiger partial charge in [-0.05, 0) is 12.5 Å². The molecule has 2 N–H and O–H groups in total. The highest BCUT2D eigenvalue weighted by molar-refractivity contribution is 6.38. The van der Waals surface area contributed by atoms with Gasteiger partial charge >= 0.3 is 5.97 Å². The van der Waals surface area contributed by atoms with Crippen LogP contribution in [-0.2, 0) is 11.8 Å². The highest BCUT2D eigenvalue weighted by atomic mass is 35.5. The van der Waals surface area contributed by atoms with Crippen molar-refractivity contribution in [2.75, 3.05) is 0 Å². The molecule has 0 aliphatic carbocycles. The molecule has 5 nitrogen and oxygen atoms in total. The summed E-state index contributed by atoms with van der Waals surface area (Å²) in [5.41, 5.74) is 1.11. The molecule has 0 aliphatic rings. The maximum absolute atomic E-state index is 12.5. The number of carbonyl (C=O) groups is 2. The number of hydrogen-bond acceptors (Lipinski definition) is 2. The van der Waals surface area contributed by atoms with Crippen LogP contribution in [0.4, 0.5) is 0 Å². The molecule has 0 unspecified atom stereocenters. The molecule has 118 valence electrons. The van der Waals surface area contributed by atoms with Crippen LogP contribution < -0.4 is 5.32 Å². The predicted molar refractivity (Wildman–Crippen MR) is 86.3 cm³/mol. The molecule has 2 aromatic rings. The van der Waals surface area contributed by atoms with Crippen molar-refractivity contribution in [3.8, 4) is 0 Å². The van der Waals surface area contributed by atoms with E-state index >= 15 is 0 Å². The number of fused-ring (bicyclic) bond motifs is 1. The van der Waals surface area contributed by atoms with Crippen molar-refractivity contribution >= 4 is 34.4 Å². The zero-order chi connectivity index (χ0) is 16.3. The SMILES string of the molecule is CCCC[C@H](NC(=O)c1c(Cl)c2ccccc2n1C)C(=O)O. The molecule has 0 fully saturated rings. The predicted octanol–water partition coefficient (Wildman–Crippen LogP) is 3.20. The number of amides is 1. The van der Waals surface area contributed by atoms with Crippen LogP contribution in [0.25, 0.3) is 10.9 Å². The van der Waals surface area contributed by atoms with E-state index in [9.17, 15) is 14.7 Å². The third-order valence-corrected chi connectivity index (χ3v) is 4.09. The Labute approximate surface area is 133 Å². The van der Waals surface area contributed by atoms with E-state index in [1.54, 1.807) is 11.6 Å². The Hall–Kier alpha value is -2.01. The smallest absolute Gasteiger partial charge is 0.326 e. The zero-order valence-electron chi connectivity index (χ0n) is 12.6. The lowest BCUT2D eigenvalue weighted by atomic mass is 10.1. The van der Waals surface area contributed by atoms with Gasteiger partial charge in [-0.1, -0.05) is 49.6 Å². The van der Waals surface area contributed by atoms with Crippen LogP contribution >= 0.6 is 11.6 Å². The number of aromatic nitrogens is 1. The second-order valence-electron chi connectivity index (χ2n) is 5.25. The minimum Gasteiger partial charge on any atom is -0.480 e. The van der Waals surface area contributed by atoms with Crippen LogP contribution in [0.2, 0.25) is 5.02 Å². The largest absolute Gasteiger partial charge is 0.480 e. The third-order valence-electron chi connectivity index (χ3n) is 3.71. The molecule has 1 aromatic heterocycles. The highest BCUT2D eigenvalue weighted by Crippen LogP contribution is 2.29. The van der Waals surface area contributed by atoms with Crippen molar-refractivity contribution in [1.82, 2.24) is 9.88 Å². The number of carboxylic acid groups (broad SMARTS) is 1. The number of nitrogens with zero attached hydrogens (tertiary/aromatic N) is 1. The molecule has 0 bridgehead atoms. The maximum atomic E-state index is 12.5. The summed E-state index contributed by atoms with van der Waals surface area (Å²) >= 11 is 6.30. The Morgan fingerprint density at radius 2 is 2.05 bits per heavy atom. The first-order valence-electron chi connectivity index (χ1n) is 7.24. The van der Waals surface area contributed by atoms with Gasteiger partial charge in [0.1, 0.15) is 11.7 Å². The molecule has 0 saturated heterocycles. The van der Waals surface area contributed by atoms with E-state index in [4.69, 9.17) is 11.6 Å². The van der Waals surface area contributed by atoms with E-state index in [1.165, 1.54) is 0 Å². The summed E-state index contributed by atoms with van der Waals surface area (Å²) in [6, 6.07) is 6.50. The van der Waals surface area contributed by atoms with Crippen molar-refractivity contribution in [3.05, 3.63) is 35.0 Å². The first kappa shape index (κ1) is 16.4. The second-order valence-corrected chi connectivity index (χ2v) is 5.62. The molecular weight excluding hydrogens is 304 g/mol. The van der Waals surface area contributed by atoms with Crippen LogP contribution in [0, 0.1) is 0 Å². The average molecular weight is 323 g/mol. The molecule has 22 heavy (non-hydrogen) atoms. The molecule has 1 heterocycles. The van der Waals surface area contributed by atoms with Crippen LogP contribution in [0.1, 0.15) is 36.7 Å². The molecule has 0 aliphatic heterocycles. The van der Waals surface area contributed by atoms with Gasteiger partial charge in [0, 0.05) is 18.0 Å². The lowest BCUT2D eigenvalue weighted by molar-refractivity contribution is -0.139. The van der Waals surface area contributed by atoms with Crippen LogP contribution in [-0.4, -0.2) is 27.6 Å². The van der Waals surface area contributed by atoms with Crippen molar-refractivity contribution in [2.45, 2.75) is 32.2 Å². The first-order chi connectivity index (χ1) is 10.5. The Morgan fingerprint density at radius 3 is 2.64 bits per heavy atom. The van der Waals surface area contributed by atoms with Crippen molar-refractivity contribution < 1.29 is 14.7 Å². The molecule has 0 radical (unpaired) electrons. The van der Waals surface area contributed by atoms with Gasteiger partial charge in [0.05, 0.1) is 5.02 Å². The molecule has 1 atom stereocenters. The Morgan fingerprint density at radius 1 is 1.36 bits per heavy atom. The van der Waals surface area contributed by atoms with Crippen LogP contribution in [0.15, 0.2) is 24.3 Å². The van der Waals surface area contributed by atoms with Crippen LogP contribution in [0.5, 0.6) is 0 Å². The van der Waals surface area contributed by atoms with Crippen molar-refractivity contribution in [2.24, 2.45) is 7.05 Å². The fourth-order valence-electron chi connectivity index (χ4n) is 2.49. The normalized spacial score (nSPS) is 12.3. The number of para-hydroxylation sites is 1. The molecule has 6 heteroatoms. The van der Waals surface area contributed by atoms with Crippen molar-refractivity contribution in [3.63, 3.8) is 0 Å². The van der Waals surface area contributed by atoms with Gasteiger partial charge in [-0.3, -0.25) is 4.79 Å². The molecule has 2 rings (SSSR count). The van der Waals surface area contributed by atoms with Gasteiger partial charge in [0.15, 0.2) is 0 Å². The fourth-order valence-corrected chi connectivity index (χ4v) is 2.86. The summed E-state index contributed by atoms with van der Waals surface area (Å²) in [7, 11) is 1.74. The maximum Gasteiger partial charge on any atom is 0.326 e. The standard InChI is InChI=1S/C16H19ClN2O3/c1-3-4-8-11(16(21)22)18-15(20)14-13(17)10-7-5-6-9-12(10)19(14)2/h5-7,9,11H,3-4,8H2,1-2H3,(H,18,20)(H,21,22)/t11-/m0/s1. The number of hydrogen-bond donors (Lipinski definition) is 2. The summed E-state index contributed by atoms with van der Waals surface area (Å²) in [4.78, 5) is 23.7. The lowest BCUT2D eigenvalue weighted by Gasteiger charge is -2.14. The Bertz CT molecular complexity index is 670. The minimum atomic E-state index is -1.03. The number of nitrogens with one attached hydrogen (secondary N) is 1. The molecule has 0 saturated carbocycles. The third kappa shape index (κ3) is 3.09. The van der Waals surface area contributed by atoms with E-state index in [0.717, 1.165) is 23.7 Å². The summed E-state index contributed by atoms with van der Waals surface area (Å²) in [5.74, 6) is -1.50. The van der Waals surface area contributed by atoms with Gasteiger partial charge in [0.2, 0.25) is 0 Å². The molecule has 1 aromatic carbocycles. The number of carboxylic acids is 1. The van der Waals surface area contributed by atoms with Gasteiger partial charge < -0.3 is 15.0 Å².